The normalized spacial score (nSPS) is 14.9. The summed E-state index contributed by atoms with van der Waals surface area (Å²) in [4.78, 5) is 30.1. The predicted molar refractivity (Wildman–Crippen MR) is 159 cm³/mol. The van der Waals surface area contributed by atoms with Crippen molar-refractivity contribution in [1.29, 1.82) is 0 Å². The van der Waals surface area contributed by atoms with Crippen molar-refractivity contribution in [3.63, 3.8) is 0 Å². The molecule has 0 saturated carbocycles. The third-order valence-corrected chi connectivity index (χ3v) is 6.23. The molecule has 0 spiro atoms. The smallest absolute Gasteiger partial charge is 0.333 e. The lowest BCUT2D eigenvalue weighted by molar-refractivity contribution is -0.138. The van der Waals surface area contributed by atoms with Gasteiger partial charge in [0.2, 0.25) is 5.91 Å². The summed E-state index contributed by atoms with van der Waals surface area (Å²) in [5.41, 5.74) is 1.71. The van der Waals surface area contributed by atoms with Gasteiger partial charge in [0.25, 0.3) is 0 Å². The van der Waals surface area contributed by atoms with Gasteiger partial charge in [0, 0.05) is 27.4 Å². The minimum absolute atomic E-state index is 0.00734. The molecule has 0 radical (unpaired) electrons. The van der Waals surface area contributed by atoms with Crippen molar-refractivity contribution < 1.29 is 22.8 Å². The van der Waals surface area contributed by atoms with Gasteiger partial charge in [-0.1, -0.05) is 55.8 Å². The molecule has 1 atom stereocenters. The van der Waals surface area contributed by atoms with Crippen molar-refractivity contribution in [3.05, 3.63) is 94.0 Å². The van der Waals surface area contributed by atoms with E-state index >= 15 is 0 Å². The maximum atomic E-state index is 13.5. The van der Waals surface area contributed by atoms with Crippen LogP contribution in [0.4, 0.5) is 29.3 Å². The first-order valence-electron chi connectivity index (χ1n) is 13.3. The lowest BCUT2D eigenvalue weighted by Crippen LogP contribution is -2.43. The quantitative estimate of drug-likeness (QED) is 0.282. The summed E-state index contributed by atoms with van der Waals surface area (Å²) in [5, 5.41) is 8.87. The Kier molecular flexibility index (Phi) is 10.2. The zero-order chi connectivity index (χ0) is 30.4. The Balaban J connectivity index is 0.00000226. The molecule has 218 valence electrons. The van der Waals surface area contributed by atoms with Crippen LogP contribution in [-0.2, 0) is 17.4 Å². The van der Waals surface area contributed by atoms with Gasteiger partial charge in [-0.15, -0.1) is 0 Å². The van der Waals surface area contributed by atoms with E-state index in [-0.39, 0.29) is 24.4 Å². The number of carbonyl (C=O) groups excluding carboxylic acids is 2. The molecule has 0 aromatic heterocycles. The number of nitrogens with zero attached hydrogens (tertiary/aromatic N) is 1. The first-order chi connectivity index (χ1) is 19.3. The fraction of sp³-hybridized carbons (Fsp3) is 0.323. The third kappa shape index (κ3) is 8.57. The van der Waals surface area contributed by atoms with Gasteiger partial charge >= 0.3 is 12.2 Å². The Bertz CT molecular complexity index is 1410. The van der Waals surface area contributed by atoms with Crippen molar-refractivity contribution >= 4 is 40.6 Å². The van der Waals surface area contributed by atoms with Gasteiger partial charge in [0.15, 0.2) is 0 Å². The summed E-state index contributed by atoms with van der Waals surface area (Å²) < 4.78 is 40.5. The Morgan fingerprint density at radius 2 is 1.66 bits per heavy atom. The Hall–Kier alpha value is -3.85. The Morgan fingerprint density at radius 3 is 2.29 bits per heavy atom. The van der Waals surface area contributed by atoms with Gasteiger partial charge in [-0.05, 0) is 75.6 Å². The van der Waals surface area contributed by atoms with Crippen LogP contribution in [-0.4, -0.2) is 29.2 Å². The molecule has 6 nitrogen and oxygen atoms in total. The number of nitrogens with one attached hydrogen (secondary N) is 3. The van der Waals surface area contributed by atoms with Crippen molar-refractivity contribution in [3.8, 4) is 0 Å². The van der Waals surface area contributed by atoms with Crippen LogP contribution >= 0.6 is 11.6 Å². The van der Waals surface area contributed by atoms with Crippen LogP contribution in [0.3, 0.4) is 0 Å². The van der Waals surface area contributed by atoms with Gasteiger partial charge in [-0.25, -0.2) is 4.79 Å². The number of carbonyl (C=O) groups is 2. The molecule has 3 aromatic rings. The van der Waals surface area contributed by atoms with E-state index in [2.05, 4.69) is 16.0 Å². The molecule has 0 bridgehead atoms. The minimum Gasteiger partial charge on any atom is -0.333 e. The number of amides is 3. The summed E-state index contributed by atoms with van der Waals surface area (Å²) in [7, 11) is 0. The van der Waals surface area contributed by atoms with E-state index in [1.807, 2.05) is 34.6 Å². The molecule has 1 unspecified atom stereocenters. The van der Waals surface area contributed by atoms with Gasteiger partial charge < -0.3 is 16.0 Å². The van der Waals surface area contributed by atoms with Gasteiger partial charge in [0.1, 0.15) is 6.04 Å². The second-order valence-electron chi connectivity index (χ2n) is 10.3. The predicted octanol–water partition coefficient (Wildman–Crippen LogP) is 8.10. The fourth-order valence-corrected chi connectivity index (χ4v) is 4.44. The molecule has 0 fully saturated rings. The molecule has 1 aliphatic rings. The number of aliphatic imine (C=N–C) groups is 1. The lowest BCUT2D eigenvalue weighted by atomic mass is 9.99. The van der Waals surface area contributed by atoms with Crippen LogP contribution < -0.4 is 16.0 Å². The van der Waals surface area contributed by atoms with E-state index in [9.17, 15) is 22.8 Å². The number of alkyl halides is 3. The standard InChI is InChI=1S/C29H28ClF3N4O2.C2H6/c1-28(2,3)37-27(39)34-20-12-8-18(9-13-20)25-21-16-19(30)11-15-23(21)36-26(38)24(35-25)14-10-17-6-4-5-7-22(17)29(31,32)33;1-2/h4-9,11-13,15-16,24H,10,14H2,1-3H3,(H,36,38)(H2,34,37,39);1-2H3. The number of urea groups is 1. The number of rotatable bonds is 5. The third-order valence-electron chi connectivity index (χ3n) is 6.00. The van der Waals surface area contributed by atoms with Crippen LogP contribution in [0.25, 0.3) is 0 Å². The number of hydrogen-bond donors (Lipinski definition) is 3. The monoisotopic (exact) mass is 586 g/mol. The molecule has 0 saturated heterocycles. The summed E-state index contributed by atoms with van der Waals surface area (Å²) in [6.45, 7) is 9.61. The van der Waals surface area contributed by atoms with E-state index in [1.165, 1.54) is 12.1 Å². The molecular formula is C31H34ClF3N4O2. The van der Waals surface area contributed by atoms with Gasteiger partial charge in [0.05, 0.1) is 17.0 Å². The molecule has 10 heteroatoms. The number of benzodiazepines with no additional fused rings is 1. The molecular weight excluding hydrogens is 553 g/mol. The summed E-state index contributed by atoms with van der Waals surface area (Å²) >= 11 is 6.26. The van der Waals surface area contributed by atoms with E-state index in [0.29, 0.717) is 33.2 Å². The van der Waals surface area contributed by atoms with Crippen molar-refractivity contribution in [2.24, 2.45) is 4.99 Å². The number of hydrogen-bond acceptors (Lipinski definition) is 3. The first kappa shape index (κ1) is 31.7. The number of fused-ring (bicyclic) bond motifs is 1. The summed E-state index contributed by atoms with van der Waals surface area (Å²) in [6.07, 6.45) is -4.42. The second-order valence-corrected chi connectivity index (χ2v) is 10.7. The lowest BCUT2D eigenvalue weighted by Gasteiger charge is -2.20. The zero-order valence-corrected chi connectivity index (χ0v) is 24.4. The van der Waals surface area contributed by atoms with Crippen LogP contribution in [0, 0.1) is 0 Å². The maximum absolute atomic E-state index is 13.5. The van der Waals surface area contributed by atoms with E-state index in [1.54, 1.807) is 48.5 Å². The molecule has 0 aliphatic carbocycles. The van der Waals surface area contributed by atoms with E-state index in [0.717, 1.165) is 6.07 Å². The molecule has 1 heterocycles. The highest BCUT2D eigenvalue weighted by Crippen LogP contribution is 2.33. The minimum atomic E-state index is -4.50. The van der Waals surface area contributed by atoms with Gasteiger partial charge in [-0.2, -0.15) is 13.2 Å². The highest BCUT2D eigenvalue weighted by Gasteiger charge is 2.33. The summed E-state index contributed by atoms with van der Waals surface area (Å²) in [6, 6.07) is 15.9. The van der Waals surface area contributed by atoms with Crippen LogP contribution in [0.5, 0.6) is 0 Å². The first-order valence-corrected chi connectivity index (χ1v) is 13.7. The van der Waals surface area contributed by atoms with Gasteiger partial charge in [-0.3, -0.25) is 9.79 Å². The highest BCUT2D eigenvalue weighted by molar-refractivity contribution is 6.32. The Labute approximate surface area is 243 Å². The molecule has 4 rings (SSSR count). The fourth-order valence-electron chi connectivity index (χ4n) is 4.27. The molecule has 3 amide bonds. The Morgan fingerprint density at radius 1 is 1.00 bits per heavy atom. The maximum Gasteiger partial charge on any atom is 0.416 e. The van der Waals surface area contributed by atoms with Crippen molar-refractivity contribution in [2.45, 2.75) is 65.2 Å². The largest absolute Gasteiger partial charge is 0.416 e. The average molecular weight is 587 g/mol. The number of halogens is 4. The van der Waals surface area contributed by atoms with Crippen molar-refractivity contribution in [1.82, 2.24) is 5.32 Å². The second kappa shape index (κ2) is 13.2. The van der Waals surface area contributed by atoms with E-state index < -0.39 is 29.2 Å². The van der Waals surface area contributed by atoms with E-state index in [4.69, 9.17) is 16.6 Å². The average Bonchev–Trinajstić information content (AvgIpc) is 3.03. The molecule has 41 heavy (non-hydrogen) atoms. The topological polar surface area (TPSA) is 82.6 Å². The van der Waals surface area contributed by atoms with Crippen molar-refractivity contribution in [2.75, 3.05) is 10.6 Å². The number of benzene rings is 3. The highest BCUT2D eigenvalue weighted by atomic mass is 35.5. The SMILES string of the molecule is CC.CC(C)(C)NC(=O)Nc1ccc(C2=NC(CCc3ccccc3C(F)(F)F)C(=O)Nc3ccc(Cl)cc32)cc1. The zero-order valence-electron chi connectivity index (χ0n) is 23.6. The summed E-state index contributed by atoms with van der Waals surface area (Å²) in [5.74, 6) is -0.421. The number of aryl methyl sites for hydroxylation is 1. The van der Waals surface area contributed by atoms with Crippen LogP contribution in [0.15, 0.2) is 71.7 Å². The molecule has 3 aromatic carbocycles. The van der Waals surface area contributed by atoms with Crippen LogP contribution in [0.1, 0.15) is 63.3 Å². The molecule has 1 aliphatic heterocycles. The number of anilines is 2. The van der Waals surface area contributed by atoms with Crippen LogP contribution in [0.2, 0.25) is 5.02 Å². The molecule has 3 N–H and O–H groups in total.